The molecular formula is C20H28N6O3. The van der Waals surface area contributed by atoms with E-state index in [1.165, 1.54) is 7.11 Å². The van der Waals surface area contributed by atoms with E-state index in [4.69, 9.17) is 4.74 Å². The predicted molar refractivity (Wildman–Crippen MR) is 109 cm³/mol. The summed E-state index contributed by atoms with van der Waals surface area (Å²) in [5, 5.41) is 0.968. The van der Waals surface area contributed by atoms with Crippen molar-refractivity contribution >= 4 is 28.9 Å². The molecule has 1 N–H and O–H groups in total. The van der Waals surface area contributed by atoms with Gasteiger partial charge < -0.3 is 24.4 Å². The second-order valence-electron chi connectivity index (χ2n) is 7.98. The van der Waals surface area contributed by atoms with E-state index in [9.17, 15) is 9.59 Å². The van der Waals surface area contributed by atoms with Crippen LogP contribution in [0.3, 0.4) is 0 Å². The molecular weight excluding hydrogens is 372 g/mol. The number of piperidine rings is 1. The van der Waals surface area contributed by atoms with Gasteiger partial charge in [-0.25, -0.2) is 19.6 Å². The molecule has 0 bridgehead atoms. The fourth-order valence-corrected chi connectivity index (χ4v) is 4.58. The summed E-state index contributed by atoms with van der Waals surface area (Å²) in [4.78, 5) is 42.9. The summed E-state index contributed by atoms with van der Waals surface area (Å²) in [6, 6.07) is 1.56. The van der Waals surface area contributed by atoms with Gasteiger partial charge in [-0.05, 0) is 31.2 Å². The Morgan fingerprint density at radius 3 is 2.90 bits per heavy atom. The van der Waals surface area contributed by atoms with Crippen molar-refractivity contribution in [2.45, 2.75) is 38.3 Å². The maximum atomic E-state index is 13.2. The number of carbonyl (C=O) groups is 2. The number of aromatic amines is 1. The van der Waals surface area contributed by atoms with Gasteiger partial charge in [0.15, 0.2) is 0 Å². The lowest BCUT2D eigenvalue weighted by Gasteiger charge is -2.43. The van der Waals surface area contributed by atoms with Crippen molar-refractivity contribution in [2.24, 2.45) is 5.92 Å². The number of esters is 1. The molecule has 3 atom stereocenters. The molecule has 4 heterocycles. The number of nitrogens with one attached hydrogen (secondary N) is 1. The number of carbonyl (C=O) groups excluding carboxylic acids is 2. The van der Waals surface area contributed by atoms with Crippen LogP contribution in [0.1, 0.15) is 26.2 Å². The third kappa shape index (κ3) is 3.49. The average Bonchev–Trinajstić information content (AvgIpc) is 3.41. The number of ether oxygens (including phenoxy) is 1. The third-order valence-corrected chi connectivity index (χ3v) is 6.33. The summed E-state index contributed by atoms with van der Waals surface area (Å²) in [5.74, 6) is 0.935. The molecule has 2 saturated heterocycles. The molecule has 0 saturated carbocycles. The van der Waals surface area contributed by atoms with E-state index in [1.54, 1.807) is 11.2 Å². The first-order valence-corrected chi connectivity index (χ1v) is 10.2. The van der Waals surface area contributed by atoms with Crippen LogP contribution < -0.4 is 4.90 Å². The SMILES string of the molecule is COC(=O)C1CCCN1C(=O)N1CCC(C)C(N(C)c2ncnc3[nH]ccc23)C1. The van der Waals surface area contributed by atoms with Gasteiger partial charge in [0.2, 0.25) is 0 Å². The summed E-state index contributed by atoms with van der Waals surface area (Å²) in [6.45, 7) is 4.10. The van der Waals surface area contributed by atoms with Gasteiger partial charge in [0, 0.05) is 32.9 Å². The van der Waals surface area contributed by atoms with Gasteiger partial charge in [-0.15, -0.1) is 0 Å². The Balaban J connectivity index is 1.53. The fraction of sp³-hybridized carbons (Fsp3) is 0.600. The topological polar surface area (TPSA) is 94.7 Å². The molecule has 2 aliphatic rings. The van der Waals surface area contributed by atoms with Crippen LogP contribution in [-0.4, -0.2) is 82.6 Å². The number of methoxy groups -OCH3 is 1. The molecule has 0 aliphatic carbocycles. The molecule has 9 nitrogen and oxygen atoms in total. The molecule has 2 aromatic rings. The van der Waals surface area contributed by atoms with Crippen molar-refractivity contribution < 1.29 is 14.3 Å². The maximum Gasteiger partial charge on any atom is 0.328 e. The van der Waals surface area contributed by atoms with E-state index < -0.39 is 6.04 Å². The third-order valence-electron chi connectivity index (χ3n) is 6.33. The molecule has 0 radical (unpaired) electrons. The molecule has 2 amide bonds. The van der Waals surface area contributed by atoms with Crippen LogP contribution in [0.2, 0.25) is 0 Å². The average molecular weight is 400 g/mol. The van der Waals surface area contributed by atoms with Crippen LogP contribution in [0.25, 0.3) is 11.0 Å². The zero-order valence-corrected chi connectivity index (χ0v) is 17.2. The predicted octanol–water partition coefficient (Wildman–Crippen LogP) is 1.86. The van der Waals surface area contributed by atoms with Crippen molar-refractivity contribution in [3.8, 4) is 0 Å². The highest BCUT2D eigenvalue weighted by Crippen LogP contribution is 2.30. The van der Waals surface area contributed by atoms with Crippen molar-refractivity contribution in [2.75, 3.05) is 38.7 Å². The van der Waals surface area contributed by atoms with Gasteiger partial charge >= 0.3 is 12.0 Å². The first kappa shape index (κ1) is 19.5. The summed E-state index contributed by atoms with van der Waals surface area (Å²) in [6.07, 6.45) is 5.81. The first-order chi connectivity index (χ1) is 14.0. The van der Waals surface area contributed by atoms with Crippen molar-refractivity contribution in [1.29, 1.82) is 0 Å². The number of likely N-dealkylation sites (tertiary alicyclic amines) is 2. The number of nitrogens with zero attached hydrogens (tertiary/aromatic N) is 5. The van der Waals surface area contributed by atoms with Gasteiger partial charge in [-0.3, -0.25) is 0 Å². The van der Waals surface area contributed by atoms with E-state index in [1.807, 2.05) is 24.2 Å². The zero-order valence-electron chi connectivity index (χ0n) is 17.2. The molecule has 2 aromatic heterocycles. The molecule has 4 rings (SSSR count). The molecule has 29 heavy (non-hydrogen) atoms. The lowest BCUT2D eigenvalue weighted by Crippen LogP contribution is -2.57. The number of H-pyrrole nitrogens is 1. The number of rotatable bonds is 3. The van der Waals surface area contributed by atoms with E-state index in [0.29, 0.717) is 32.0 Å². The van der Waals surface area contributed by atoms with E-state index in [2.05, 4.69) is 26.8 Å². The normalized spacial score (nSPS) is 24.7. The number of hydrogen-bond donors (Lipinski definition) is 1. The highest BCUT2D eigenvalue weighted by atomic mass is 16.5. The number of anilines is 1. The zero-order chi connectivity index (χ0) is 20.5. The number of fused-ring (bicyclic) bond motifs is 1. The minimum absolute atomic E-state index is 0.0716. The van der Waals surface area contributed by atoms with Gasteiger partial charge in [-0.1, -0.05) is 6.92 Å². The smallest absolute Gasteiger partial charge is 0.328 e. The Kier molecular flexibility index (Phi) is 5.29. The summed E-state index contributed by atoms with van der Waals surface area (Å²) < 4.78 is 4.89. The van der Waals surface area contributed by atoms with Crippen molar-refractivity contribution in [3.63, 3.8) is 0 Å². The standard InChI is InChI=1S/C20H28N6O3/c1-13-7-10-25(20(28)26-9-4-5-15(26)19(27)29-3)11-16(13)24(2)18-14-6-8-21-17(14)22-12-23-18/h6,8,12-13,15-16H,4-5,7,9-11H2,1-3H3,(H,21,22,23). The van der Waals surface area contributed by atoms with E-state index in [-0.39, 0.29) is 18.0 Å². The number of likely N-dealkylation sites (N-methyl/N-ethyl adjacent to an activating group) is 1. The molecule has 0 spiro atoms. The second-order valence-corrected chi connectivity index (χ2v) is 7.98. The van der Waals surface area contributed by atoms with Crippen LogP contribution in [-0.2, 0) is 9.53 Å². The Morgan fingerprint density at radius 1 is 1.28 bits per heavy atom. The van der Waals surface area contributed by atoms with E-state index in [0.717, 1.165) is 29.7 Å². The minimum Gasteiger partial charge on any atom is -0.467 e. The van der Waals surface area contributed by atoms with Crippen LogP contribution in [0.5, 0.6) is 0 Å². The number of urea groups is 1. The van der Waals surface area contributed by atoms with Gasteiger partial charge in [0.05, 0.1) is 18.5 Å². The summed E-state index contributed by atoms with van der Waals surface area (Å²) in [5.41, 5.74) is 0.802. The number of hydrogen-bond acceptors (Lipinski definition) is 6. The Morgan fingerprint density at radius 2 is 2.10 bits per heavy atom. The van der Waals surface area contributed by atoms with Crippen LogP contribution in [0, 0.1) is 5.92 Å². The summed E-state index contributed by atoms with van der Waals surface area (Å²) in [7, 11) is 3.40. The number of aromatic nitrogens is 3. The van der Waals surface area contributed by atoms with Crippen LogP contribution >= 0.6 is 0 Å². The molecule has 2 aliphatic heterocycles. The van der Waals surface area contributed by atoms with Gasteiger partial charge in [0.25, 0.3) is 0 Å². The molecule has 156 valence electrons. The van der Waals surface area contributed by atoms with Crippen LogP contribution in [0.15, 0.2) is 18.6 Å². The van der Waals surface area contributed by atoms with Crippen molar-refractivity contribution in [3.05, 3.63) is 18.6 Å². The highest BCUT2D eigenvalue weighted by Gasteiger charge is 2.40. The monoisotopic (exact) mass is 400 g/mol. The van der Waals surface area contributed by atoms with E-state index >= 15 is 0 Å². The molecule has 2 fully saturated rings. The Bertz CT molecular complexity index is 899. The fourth-order valence-electron chi connectivity index (χ4n) is 4.58. The Hall–Kier alpha value is -2.84. The summed E-state index contributed by atoms with van der Waals surface area (Å²) >= 11 is 0. The lowest BCUT2D eigenvalue weighted by atomic mass is 9.92. The van der Waals surface area contributed by atoms with Gasteiger partial charge in [0.1, 0.15) is 23.8 Å². The minimum atomic E-state index is -0.468. The quantitative estimate of drug-likeness (QED) is 0.791. The molecule has 9 heteroatoms. The highest BCUT2D eigenvalue weighted by molar-refractivity contribution is 5.87. The maximum absolute atomic E-state index is 13.2. The number of amides is 2. The largest absolute Gasteiger partial charge is 0.467 e. The lowest BCUT2D eigenvalue weighted by molar-refractivity contribution is -0.145. The van der Waals surface area contributed by atoms with Crippen molar-refractivity contribution in [1.82, 2.24) is 24.8 Å². The molecule has 3 unspecified atom stereocenters. The Labute approximate surface area is 170 Å². The first-order valence-electron chi connectivity index (χ1n) is 10.2. The second kappa shape index (κ2) is 7.88. The molecule has 0 aromatic carbocycles. The van der Waals surface area contributed by atoms with Gasteiger partial charge in [-0.2, -0.15) is 0 Å². The van der Waals surface area contributed by atoms with Crippen LogP contribution in [0.4, 0.5) is 10.6 Å².